The number of benzene rings is 1. The molecule has 2 aromatic heterocycles. The third kappa shape index (κ3) is 3.41. The van der Waals surface area contributed by atoms with E-state index in [1.165, 1.54) is 35.2 Å². The molecule has 3 N–H and O–H groups in total. The summed E-state index contributed by atoms with van der Waals surface area (Å²) in [6.45, 7) is 3.72. The number of nitrogens with two attached hydrogens (primary N) is 1. The average molecular weight is 358 g/mol. The smallest absolute Gasteiger partial charge is 0.293 e. The van der Waals surface area contributed by atoms with Crippen LogP contribution in [-0.4, -0.2) is 37.4 Å². The molecule has 0 unspecified atom stereocenters. The van der Waals surface area contributed by atoms with Gasteiger partial charge >= 0.3 is 0 Å². The largest absolute Gasteiger partial charge is 0.378 e. The van der Waals surface area contributed by atoms with Crippen LogP contribution in [0.4, 0.5) is 10.2 Å². The van der Waals surface area contributed by atoms with Gasteiger partial charge < -0.3 is 5.73 Å². The van der Waals surface area contributed by atoms with Crippen LogP contribution in [0.1, 0.15) is 41.5 Å². The lowest BCUT2D eigenvalue weighted by atomic mass is 10.1. The Bertz CT molecular complexity index is 945. The van der Waals surface area contributed by atoms with Crippen molar-refractivity contribution >= 4 is 17.9 Å². The summed E-state index contributed by atoms with van der Waals surface area (Å²) in [6.07, 6.45) is 1.39. The van der Waals surface area contributed by atoms with Crippen molar-refractivity contribution in [1.82, 2.24) is 30.7 Å². The standard InChI is InChI=1S/C15H15FN8O2/c1-8(2)12-11(19-23-24(12)14-13(17)21-26-22-14)15(25)20-18-7-9-3-5-10(16)6-4-9/h3-8H,1-2H3,(H2,17,21)(H,20,25)/b18-7+. The van der Waals surface area contributed by atoms with Crippen molar-refractivity contribution in [1.29, 1.82) is 0 Å². The van der Waals surface area contributed by atoms with E-state index in [1.807, 2.05) is 13.8 Å². The molecule has 10 nitrogen and oxygen atoms in total. The average Bonchev–Trinajstić information content (AvgIpc) is 3.22. The molecule has 134 valence electrons. The van der Waals surface area contributed by atoms with Crippen LogP contribution in [0, 0.1) is 5.82 Å². The predicted molar refractivity (Wildman–Crippen MR) is 89.2 cm³/mol. The molecule has 0 aliphatic heterocycles. The van der Waals surface area contributed by atoms with Gasteiger partial charge in [-0.1, -0.05) is 31.2 Å². The Kier molecular flexibility index (Phi) is 4.69. The van der Waals surface area contributed by atoms with Crippen molar-refractivity contribution in [3.8, 4) is 5.82 Å². The van der Waals surface area contributed by atoms with Crippen molar-refractivity contribution in [2.24, 2.45) is 5.10 Å². The SMILES string of the molecule is CC(C)c1c(C(=O)N/N=C/c2ccc(F)cc2)nnn1-c1nonc1N. The number of hydrogen-bond acceptors (Lipinski definition) is 8. The second kappa shape index (κ2) is 7.09. The maximum Gasteiger partial charge on any atom is 0.293 e. The molecule has 0 bridgehead atoms. The number of aromatic nitrogens is 5. The molecular formula is C15H15FN8O2. The van der Waals surface area contributed by atoms with Crippen LogP contribution in [0.2, 0.25) is 0 Å². The van der Waals surface area contributed by atoms with Gasteiger partial charge in [0.1, 0.15) is 5.82 Å². The highest BCUT2D eigenvalue weighted by atomic mass is 19.1. The predicted octanol–water partition coefficient (Wildman–Crippen LogP) is 1.26. The van der Waals surface area contributed by atoms with Gasteiger partial charge in [0, 0.05) is 0 Å². The van der Waals surface area contributed by atoms with E-state index in [-0.39, 0.29) is 29.1 Å². The van der Waals surface area contributed by atoms with Crippen LogP contribution < -0.4 is 11.2 Å². The molecule has 26 heavy (non-hydrogen) atoms. The molecule has 11 heteroatoms. The fraction of sp³-hybridized carbons (Fsp3) is 0.200. The lowest BCUT2D eigenvalue weighted by Gasteiger charge is -2.08. The first-order valence-electron chi connectivity index (χ1n) is 7.60. The maximum atomic E-state index is 12.9. The van der Waals surface area contributed by atoms with Crippen LogP contribution in [-0.2, 0) is 0 Å². The van der Waals surface area contributed by atoms with Gasteiger partial charge in [-0.05, 0) is 33.9 Å². The summed E-state index contributed by atoms with van der Waals surface area (Å²) < 4.78 is 18.7. The van der Waals surface area contributed by atoms with Gasteiger partial charge in [-0.3, -0.25) is 4.79 Å². The second-order valence-electron chi connectivity index (χ2n) is 5.61. The third-order valence-corrected chi connectivity index (χ3v) is 3.41. The fourth-order valence-corrected chi connectivity index (χ4v) is 2.23. The summed E-state index contributed by atoms with van der Waals surface area (Å²) in [5.41, 5.74) is 9.20. The van der Waals surface area contributed by atoms with Gasteiger partial charge in [-0.25, -0.2) is 14.4 Å². The highest BCUT2D eigenvalue weighted by molar-refractivity contribution is 5.94. The number of carbonyl (C=O) groups is 1. The highest BCUT2D eigenvalue weighted by Gasteiger charge is 2.25. The summed E-state index contributed by atoms with van der Waals surface area (Å²) >= 11 is 0. The molecule has 3 rings (SSSR count). The Morgan fingerprint density at radius 3 is 2.69 bits per heavy atom. The van der Waals surface area contributed by atoms with Crippen molar-refractivity contribution < 1.29 is 13.8 Å². The molecular weight excluding hydrogens is 343 g/mol. The minimum Gasteiger partial charge on any atom is -0.378 e. The number of anilines is 1. The van der Waals surface area contributed by atoms with E-state index in [1.54, 1.807) is 0 Å². The number of nitrogens with one attached hydrogen (secondary N) is 1. The van der Waals surface area contributed by atoms with Crippen LogP contribution in [0.25, 0.3) is 5.82 Å². The minimum atomic E-state index is -0.562. The number of hydrazone groups is 1. The van der Waals surface area contributed by atoms with Crippen LogP contribution in [0.5, 0.6) is 0 Å². The molecule has 1 amide bonds. The first-order chi connectivity index (χ1) is 12.5. The van der Waals surface area contributed by atoms with Gasteiger partial charge in [0.2, 0.25) is 11.6 Å². The van der Waals surface area contributed by atoms with E-state index in [0.29, 0.717) is 11.3 Å². The summed E-state index contributed by atoms with van der Waals surface area (Å²) in [4.78, 5) is 12.4. The zero-order valence-corrected chi connectivity index (χ0v) is 13.9. The lowest BCUT2D eigenvalue weighted by Crippen LogP contribution is -2.21. The summed E-state index contributed by atoms with van der Waals surface area (Å²) in [7, 11) is 0. The Morgan fingerprint density at radius 2 is 2.08 bits per heavy atom. The first-order valence-corrected chi connectivity index (χ1v) is 7.60. The van der Waals surface area contributed by atoms with Crippen molar-refractivity contribution in [2.75, 3.05) is 5.73 Å². The van der Waals surface area contributed by atoms with E-state index < -0.39 is 5.91 Å². The Labute approximate surface area is 146 Å². The topological polar surface area (TPSA) is 137 Å². The number of hydrogen-bond donors (Lipinski definition) is 2. The molecule has 0 saturated carbocycles. The molecule has 0 saturated heterocycles. The Morgan fingerprint density at radius 1 is 1.35 bits per heavy atom. The molecule has 0 atom stereocenters. The number of nitrogen functional groups attached to an aromatic ring is 1. The molecule has 0 spiro atoms. The van der Waals surface area contributed by atoms with Crippen LogP contribution >= 0.6 is 0 Å². The summed E-state index contributed by atoms with van der Waals surface area (Å²) in [5, 5.41) is 18.8. The zero-order valence-electron chi connectivity index (χ0n) is 13.9. The third-order valence-electron chi connectivity index (χ3n) is 3.41. The van der Waals surface area contributed by atoms with Gasteiger partial charge in [0.15, 0.2) is 5.69 Å². The van der Waals surface area contributed by atoms with Crippen molar-refractivity contribution in [2.45, 2.75) is 19.8 Å². The Balaban J connectivity index is 1.82. The molecule has 3 aromatic rings. The molecule has 2 heterocycles. The summed E-state index contributed by atoms with van der Waals surface area (Å²) in [6, 6.07) is 5.65. The quantitative estimate of drug-likeness (QED) is 0.517. The Hall–Kier alpha value is -3.63. The van der Waals surface area contributed by atoms with Gasteiger partial charge in [-0.2, -0.15) is 9.78 Å². The second-order valence-corrected chi connectivity index (χ2v) is 5.61. The molecule has 0 aliphatic carbocycles. The van der Waals surface area contributed by atoms with E-state index in [2.05, 4.69) is 35.8 Å². The van der Waals surface area contributed by atoms with Gasteiger partial charge in [-0.15, -0.1) is 5.10 Å². The number of amides is 1. The highest BCUT2D eigenvalue weighted by Crippen LogP contribution is 2.22. The van der Waals surface area contributed by atoms with E-state index in [9.17, 15) is 9.18 Å². The first kappa shape index (κ1) is 17.2. The number of rotatable bonds is 5. The van der Waals surface area contributed by atoms with Crippen molar-refractivity contribution in [3.63, 3.8) is 0 Å². The summed E-state index contributed by atoms with van der Waals surface area (Å²) in [5.74, 6) is -0.865. The van der Waals surface area contributed by atoms with Crippen LogP contribution in [0.15, 0.2) is 34.0 Å². The maximum absolute atomic E-state index is 12.9. The molecule has 1 aromatic carbocycles. The molecule has 0 aliphatic rings. The van der Waals surface area contributed by atoms with E-state index in [4.69, 9.17) is 5.73 Å². The molecule has 0 fully saturated rings. The zero-order chi connectivity index (χ0) is 18.7. The minimum absolute atomic E-state index is 0.0260. The number of carbonyl (C=O) groups excluding carboxylic acids is 1. The lowest BCUT2D eigenvalue weighted by molar-refractivity contribution is 0.0948. The fourth-order valence-electron chi connectivity index (χ4n) is 2.23. The van der Waals surface area contributed by atoms with E-state index >= 15 is 0 Å². The van der Waals surface area contributed by atoms with Gasteiger partial charge in [0.05, 0.1) is 11.9 Å². The monoisotopic (exact) mass is 358 g/mol. The number of nitrogens with zero attached hydrogens (tertiary/aromatic N) is 6. The molecule has 0 radical (unpaired) electrons. The van der Waals surface area contributed by atoms with Crippen LogP contribution in [0.3, 0.4) is 0 Å². The van der Waals surface area contributed by atoms with Gasteiger partial charge in [0.25, 0.3) is 5.91 Å². The normalized spacial score (nSPS) is 11.4. The van der Waals surface area contributed by atoms with E-state index in [0.717, 1.165) is 0 Å². The number of halogens is 1. The van der Waals surface area contributed by atoms with Crippen molar-refractivity contribution in [3.05, 3.63) is 47.0 Å².